The second-order valence-corrected chi connectivity index (χ2v) is 3.24. The van der Waals surface area contributed by atoms with Crippen molar-refractivity contribution in [2.45, 2.75) is 6.92 Å². The fourth-order valence-corrected chi connectivity index (χ4v) is 1.31. The summed E-state index contributed by atoms with van der Waals surface area (Å²) in [6.45, 7) is 1.54. The average molecular weight is 228 g/mol. The van der Waals surface area contributed by atoms with E-state index in [0.717, 1.165) is 12.1 Å². The van der Waals surface area contributed by atoms with E-state index in [0.29, 0.717) is 5.56 Å². The van der Waals surface area contributed by atoms with Gasteiger partial charge in [0.2, 0.25) is 5.88 Å². The van der Waals surface area contributed by atoms with E-state index in [1.807, 2.05) is 0 Å². The molecule has 3 nitrogen and oxygen atoms in total. The largest absolute Gasteiger partial charge is 0.367 e. The van der Waals surface area contributed by atoms with E-state index in [1.165, 1.54) is 0 Å². The van der Waals surface area contributed by atoms with Gasteiger partial charge in [0.1, 0.15) is 5.69 Å². The van der Waals surface area contributed by atoms with Crippen LogP contribution in [-0.4, -0.2) is 5.16 Å². The second-order valence-electron chi connectivity index (χ2n) is 3.24. The lowest BCUT2D eigenvalue weighted by Crippen LogP contribution is -1.95. The third-order valence-corrected chi connectivity index (χ3v) is 2.25. The molecule has 0 spiro atoms. The van der Waals surface area contributed by atoms with Gasteiger partial charge in [-0.15, -0.1) is 0 Å². The van der Waals surface area contributed by atoms with Gasteiger partial charge < -0.3 is 10.3 Å². The molecular weight excluding hydrogens is 221 g/mol. The van der Waals surface area contributed by atoms with Crippen LogP contribution in [0.15, 0.2) is 16.7 Å². The van der Waals surface area contributed by atoms with Crippen LogP contribution in [0, 0.1) is 24.4 Å². The van der Waals surface area contributed by atoms with Crippen LogP contribution >= 0.6 is 0 Å². The monoisotopic (exact) mass is 228 g/mol. The summed E-state index contributed by atoms with van der Waals surface area (Å²) in [5.74, 6) is -4.09. The van der Waals surface area contributed by atoms with E-state index < -0.39 is 17.5 Å². The fourth-order valence-electron chi connectivity index (χ4n) is 1.31. The smallest absolute Gasteiger partial charge is 0.225 e. The third-order valence-electron chi connectivity index (χ3n) is 2.25. The SMILES string of the molecule is Cc1c(-c2ccc(F)c(F)c2F)noc1N. The molecule has 0 aliphatic rings. The van der Waals surface area contributed by atoms with Gasteiger partial charge in [0.05, 0.1) is 0 Å². The Morgan fingerprint density at radius 2 is 1.88 bits per heavy atom. The molecule has 1 heterocycles. The van der Waals surface area contributed by atoms with Gasteiger partial charge in [-0.05, 0) is 19.1 Å². The van der Waals surface area contributed by atoms with Gasteiger partial charge in [-0.2, -0.15) is 0 Å². The minimum atomic E-state index is -1.54. The van der Waals surface area contributed by atoms with Crippen molar-refractivity contribution in [3.05, 3.63) is 35.1 Å². The summed E-state index contributed by atoms with van der Waals surface area (Å²) in [5.41, 5.74) is 5.64. The van der Waals surface area contributed by atoms with E-state index in [2.05, 4.69) is 9.68 Å². The van der Waals surface area contributed by atoms with Crippen molar-refractivity contribution in [3.8, 4) is 11.3 Å². The highest BCUT2D eigenvalue weighted by atomic mass is 19.2. The zero-order chi connectivity index (χ0) is 11.9. The van der Waals surface area contributed by atoms with E-state index in [4.69, 9.17) is 5.73 Å². The summed E-state index contributed by atoms with van der Waals surface area (Å²) >= 11 is 0. The van der Waals surface area contributed by atoms with E-state index in [-0.39, 0.29) is 17.1 Å². The van der Waals surface area contributed by atoms with Crippen LogP contribution in [0.5, 0.6) is 0 Å². The first-order valence-corrected chi connectivity index (χ1v) is 4.38. The minimum absolute atomic E-state index is 0.0131. The minimum Gasteiger partial charge on any atom is -0.367 e. The topological polar surface area (TPSA) is 52.0 Å². The lowest BCUT2D eigenvalue weighted by Gasteiger charge is -2.01. The second kappa shape index (κ2) is 3.55. The maximum Gasteiger partial charge on any atom is 0.225 e. The standard InChI is InChI=1S/C10H7F3N2O/c1-4-9(15-16-10(4)14)5-2-3-6(11)8(13)7(5)12/h2-3H,14H2,1H3. The predicted octanol–water partition coefficient (Wildman–Crippen LogP) is 2.65. The molecule has 2 rings (SSSR count). The lowest BCUT2D eigenvalue weighted by molar-refractivity contribution is 0.434. The van der Waals surface area contributed by atoms with Crippen LogP contribution in [0.2, 0.25) is 0 Å². The quantitative estimate of drug-likeness (QED) is 0.763. The molecule has 0 bridgehead atoms. The zero-order valence-electron chi connectivity index (χ0n) is 8.22. The van der Waals surface area contributed by atoms with Gasteiger partial charge in [0.15, 0.2) is 17.5 Å². The molecule has 84 valence electrons. The Morgan fingerprint density at radius 3 is 2.44 bits per heavy atom. The molecule has 0 radical (unpaired) electrons. The molecule has 0 aliphatic heterocycles. The average Bonchev–Trinajstić information content (AvgIpc) is 2.58. The number of anilines is 1. The van der Waals surface area contributed by atoms with E-state index in [1.54, 1.807) is 6.92 Å². The number of rotatable bonds is 1. The summed E-state index contributed by atoms with van der Waals surface area (Å²) in [6.07, 6.45) is 0. The Morgan fingerprint density at radius 1 is 1.19 bits per heavy atom. The molecule has 2 N–H and O–H groups in total. The normalized spacial score (nSPS) is 10.8. The number of nitrogens with two attached hydrogens (primary N) is 1. The van der Waals surface area contributed by atoms with Crippen molar-refractivity contribution in [1.82, 2.24) is 5.16 Å². The maximum atomic E-state index is 13.4. The van der Waals surface area contributed by atoms with Crippen LogP contribution in [-0.2, 0) is 0 Å². The van der Waals surface area contributed by atoms with Gasteiger partial charge in [0, 0.05) is 11.1 Å². The summed E-state index contributed by atoms with van der Waals surface area (Å²) in [7, 11) is 0. The Balaban J connectivity index is 2.66. The first-order valence-electron chi connectivity index (χ1n) is 4.38. The zero-order valence-corrected chi connectivity index (χ0v) is 8.22. The van der Waals surface area contributed by atoms with Gasteiger partial charge in [-0.3, -0.25) is 0 Å². The van der Waals surface area contributed by atoms with Gasteiger partial charge in [-0.25, -0.2) is 13.2 Å². The molecule has 6 heteroatoms. The van der Waals surface area contributed by atoms with E-state index >= 15 is 0 Å². The van der Waals surface area contributed by atoms with Gasteiger partial charge in [-0.1, -0.05) is 5.16 Å². The number of nitrogen functional groups attached to an aromatic ring is 1. The summed E-state index contributed by atoms with van der Waals surface area (Å²) in [6, 6.07) is 1.90. The molecule has 0 fully saturated rings. The van der Waals surface area contributed by atoms with Gasteiger partial charge >= 0.3 is 0 Å². The van der Waals surface area contributed by atoms with Crippen molar-refractivity contribution < 1.29 is 17.7 Å². The fraction of sp³-hybridized carbons (Fsp3) is 0.100. The van der Waals surface area contributed by atoms with Crippen molar-refractivity contribution >= 4 is 5.88 Å². The van der Waals surface area contributed by atoms with Gasteiger partial charge in [0.25, 0.3) is 0 Å². The van der Waals surface area contributed by atoms with Crippen molar-refractivity contribution in [3.63, 3.8) is 0 Å². The molecule has 1 aromatic heterocycles. The number of nitrogens with zero attached hydrogens (tertiary/aromatic N) is 1. The van der Waals surface area contributed by atoms with E-state index in [9.17, 15) is 13.2 Å². The predicted molar refractivity (Wildman–Crippen MR) is 51.0 cm³/mol. The number of benzene rings is 1. The highest BCUT2D eigenvalue weighted by Gasteiger charge is 2.19. The Labute approximate surface area is 88.7 Å². The molecule has 0 aliphatic carbocycles. The Bertz CT molecular complexity index is 551. The summed E-state index contributed by atoms with van der Waals surface area (Å²) in [5, 5.41) is 3.49. The highest BCUT2D eigenvalue weighted by Crippen LogP contribution is 2.29. The molecule has 0 unspecified atom stereocenters. The first kappa shape index (κ1) is 10.5. The van der Waals surface area contributed by atoms with Crippen LogP contribution in [0.25, 0.3) is 11.3 Å². The number of hydrogen-bond acceptors (Lipinski definition) is 3. The molecule has 0 amide bonds. The van der Waals surface area contributed by atoms with Crippen molar-refractivity contribution in [2.75, 3.05) is 5.73 Å². The summed E-state index contributed by atoms with van der Waals surface area (Å²) in [4.78, 5) is 0. The lowest BCUT2D eigenvalue weighted by atomic mass is 10.1. The first-order chi connectivity index (χ1) is 7.52. The Hall–Kier alpha value is -1.98. The maximum absolute atomic E-state index is 13.4. The third kappa shape index (κ3) is 1.42. The van der Waals surface area contributed by atoms with Crippen LogP contribution < -0.4 is 5.73 Å². The molecule has 0 atom stereocenters. The highest BCUT2D eigenvalue weighted by molar-refractivity contribution is 5.67. The van der Waals surface area contributed by atoms with Crippen LogP contribution in [0.1, 0.15) is 5.56 Å². The van der Waals surface area contributed by atoms with Crippen molar-refractivity contribution in [2.24, 2.45) is 0 Å². The summed E-state index contributed by atoms with van der Waals surface area (Å²) < 4.78 is 43.7. The number of halogens is 3. The molecule has 0 saturated heterocycles. The van der Waals surface area contributed by atoms with Crippen molar-refractivity contribution in [1.29, 1.82) is 0 Å². The molecule has 1 aromatic carbocycles. The molecule has 2 aromatic rings. The molecule has 0 saturated carbocycles. The van der Waals surface area contributed by atoms with Crippen LogP contribution in [0.3, 0.4) is 0 Å². The number of hydrogen-bond donors (Lipinski definition) is 1. The number of aromatic nitrogens is 1. The molecule has 16 heavy (non-hydrogen) atoms. The van der Waals surface area contributed by atoms with Crippen LogP contribution in [0.4, 0.5) is 19.1 Å². The molecular formula is C10H7F3N2O. The Kier molecular flexibility index (Phi) is 2.34.